The second-order valence-corrected chi connectivity index (χ2v) is 9.58. The molecule has 3 aromatic carbocycles. The molecule has 2 atom stereocenters. The summed E-state index contributed by atoms with van der Waals surface area (Å²) >= 11 is 0. The second-order valence-electron chi connectivity index (χ2n) is 9.58. The van der Waals surface area contributed by atoms with Gasteiger partial charge in [-0.15, -0.1) is 0 Å². The van der Waals surface area contributed by atoms with Crippen molar-refractivity contribution in [1.82, 2.24) is 4.90 Å². The maximum absolute atomic E-state index is 12.9. The summed E-state index contributed by atoms with van der Waals surface area (Å²) in [5.41, 5.74) is 5.04. The van der Waals surface area contributed by atoms with Crippen LogP contribution in [0, 0.1) is 0 Å². The number of likely N-dealkylation sites (tertiary alicyclic amines) is 1. The highest BCUT2D eigenvalue weighted by Crippen LogP contribution is 2.46. The van der Waals surface area contributed by atoms with Crippen LogP contribution in [-0.4, -0.2) is 30.0 Å². The minimum atomic E-state index is -0.491. The van der Waals surface area contributed by atoms with Gasteiger partial charge in [0.2, 0.25) is 5.91 Å². The van der Waals surface area contributed by atoms with Crippen molar-refractivity contribution in [3.8, 4) is 0 Å². The lowest BCUT2D eigenvalue weighted by molar-refractivity contribution is -0.138. The van der Waals surface area contributed by atoms with Crippen molar-refractivity contribution in [2.75, 3.05) is 12.4 Å². The number of nitrogens with one attached hydrogen (secondary N) is 1. The number of hydrogen-bond donors (Lipinski definition) is 1. The van der Waals surface area contributed by atoms with Crippen LogP contribution in [0.2, 0.25) is 0 Å². The number of carbonyl (C=O) groups excluding carboxylic acids is 2. The number of rotatable bonds is 4. The van der Waals surface area contributed by atoms with Gasteiger partial charge in [-0.05, 0) is 53.6 Å². The molecule has 0 aromatic heterocycles. The van der Waals surface area contributed by atoms with Crippen LogP contribution in [0.1, 0.15) is 54.5 Å². The number of nitrogens with zero attached hydrogens (tertiary/aromatic N) is 1. The van der Waals surface area contributed by atoms with E-state index < -0.39 is 12.2 Å². The van der Waals surface area contributed by atoms with Crippen LogP contribution in [0.5, 0.6) is 0 Å². The number of carbonyl (C=O) groups is 2. The molecule has 34 heavy (non-hydrogen) atoms. The van der Waals surface area contributed by atoms with Crippen LogP contribution >= 0.6 is 0 Å². The highest BCUT2D eigenvalue weighted by atomic mass is 16.6. The Hall–Kier alpha value is -3.60. The summed E-state index contributed by atoms with van der Waals surface area (Å²) in [5, 5.41) is 2.94. The number of piperidine rings is 1. The van der Waals surface area contributed by atoms with Crippen molar-refractivity contribution in [2.24, 2.45) is 0 Å². The number of fused-ring (bicyclic) bond motifs is 3. The molecular formula is C29H30N2O3. The average Bonchev–Trinajstić information content (AvgIpc) is 2.86. The Morgan fingerprint density at radius 1 is 1.00 bits per heavy atom. The van der Waals surface area contributed by atoms with E-state index in [-0.39, 0.29) is 17.4 Å². The Labute approximate surface area is 200 Å². The molecule has 5 nitrogen and oxygen atoms in total. The van der Waals surface area contributed by atoms with E-state index in [0.717, 1.165) is 36.1 Å². The molecular weight excluding hydrogens is 424 g/mol. The summed E-state index contributed by atoms with van der Waals surface area (Å²) in [7, 11) is 1.93. The fraction of sp³-hybridized carbons (Fsp3) is 0.310. The molecule has 174 valence electrons. The minimum Gasteiger partial charge on any atom is -0.436 e. The molecule has 5 rings (SSSR count). The van der Waals surface area contributed by atoms with Gasteiger partial charge >= 0.3 is 6.09 Å². The topological polar surface area (TPSA) is 58.6 Å². The van der Waals surface area contributed by atoms with Gasteiger partial charge in [0, 0.05) is 30.6 Å². The highest BCUT2D eigenvalue weighted by molar-refractivity contribution is 5.85. The Balaban J connectivity index is 1.35. The molecule has 0 unspecified atom stereocenters. The Morgan fingerprint density at radius 3 is 2.29 bits per heavy atom. The van der Waals surface area contributed by atoms with Gasteiger partial charge in [-0.2, -0.15) is 0 Å². The third-order valence-corrected chi connectivity index (χ3v) is 7.54. The molecule has 2 aliphatic rings. The fourth-order valence-corrected chi connectivity index (χ4v) is 5.70. The van der Waals surface area contributed by atoms with E-state index in [2.05, 4.69) is 24.4 Å². The van der Waals surface area contributed by atoms with E-state index >= 15 is 0 Å². The standard InChI is InChI=1S/C29H30N2O3/c1-29-18-17-26(32)31(2)25(29)16-13-22-19-23(14-15-24(22)29)30-28(33)34-27(20-9-5-3-6-10-20)21-11-7-4-8-12-21/h3-12,14-15,19,25,27H,13,16-18H2,1-2H3,(H,30,33)/t25-,29-/m1/s1. The summed E-state index contributed by atoms with van der Waals surface area (Å²) in [6, 6.07) is 25.9. The smallest absolute Gasteiger partial charge is 0.412 e. The maximum Gasteiger partial charge on any atom is 0.412 e. The Kier molecular flexibility index (Phi) is 5.86. The number of ether oxygens (including phenoxy) is 1. The molecule has 1 fully saturated rings. The van der Waals surface area contributed by atoms with E-state index in [0.29, 0.717) is 6.42 Å². The predicted octanol–water partition coefficient (Wildman–Crippen LogP) is 5.85. The third kappa shape index (κ3) is 4.07. The first-order chi connectivity index (χ1) is 16.5. The molecule has 1 N–H and O–H groups in total. The summed E-state index contributed by atoms with van der Waals surface area (Å²) in [6.07, 6.45) is 2.28. The number of aryl methyl sites for hydroxylation is 1. The van der Waals surface area contributed by atoms with Crippen LogP contribution in [0.4, 0.5) is 10.5 Å². The number of anilines is 1. The largest absolute Gasteiger partial charge is 0.436 e. The average molecular weight is 455 g/mol. The molecule has 2 amide bonds. The first-order valence-electron chi connectivity index (χ1n) is 11.9. The third-order valence-electron chi connectivity index (χ3n) is 7.54. The summed E-state index contributed by atoms with van der Waals surface area (Å²) in [6.45, 7) is 2.27. The predicted molar refractivity (Wildman–Crippen MR) is 133 cm³/mol. The van der Waals surface area contributed by atoms with Crippen molar-refractivity contribution in [1.29, 1.82) is 0 Å². The molecule has 3 aromatic rings. The lowest BCUT2D eigenvalue weighted by Crippen LogP contribution is -2.56. The van der Waals surface area contributed by atoms with Gasteiger partial charge in [0.25, 0.3) is 0 Å². The van der Waals surface area contributed by atoms with Crippen LogP contribution in [0.15, 0.2) is 78.9 Å². The zero-order valence-electron chi connectivity index (χ0n) is 19.7. The highest BCUT2D eigenvalue weighted by Gasteiger charge is 2.46. The number of hydrogen-bond acceptors (Lipinski definition) is 3. The van der Waals surface area contributed by atoms with E-state index in [1.807, 2.05) is 78.7 Å². The van der Waals surface area contributed by atoms with Gasteiger partial charge in [0.15, 0.2) is 6.10 Å². The minimum absolute atomic E-state index is 0.0546. The quantitative estimate of drug-likeness (QED) is 0.538. The molecule has 0 bridgehead atoms. The normalized spacial score (nSPS) is 21.6. The molecule has 0 spiro atoms. The van der Waals surface area contributed by atoms with E-state index in [1.165, 1.54) is 11.1 Å². The van der Waals surface area contributed by atoms with Gasteiger partial charge in [-0.25, -0.2) is 4.79 Å². The number of likely N-dealkylation sites (N-methyl/N-ethyl adjacent to an activating group) is 1. The Bertz CT molecular complexity index is 1160. The molecule has 1 heterocycles. The number of benzene rings is 3. The van der Waals surface area contributed by atoms with E-state index in [9.17, 15) is 9.59 Å². The lowest BCUT2D eigenvalue weighted by atomic mass is 9.63. The van der Waals surface area contributed by atoms with Gasteiger partial charge in [0.05, 0.1) is 0 Å². The van der Waals surface area contributed by atoms with Gasteiger partial charge in [-0.1, -0.05) is 73.7 Å². The summed E-state index contributed by atoms with van der Waals surface area (Å²) < 4.78 is 5.91. The maximum atomic E-state index is 12.9. The molecule has 1 aliphatic heterocycles. The van der Waals surface area contributed by atoms with Gasteiger partial charge in [-0.3, -0.25) is 10.1 Å². The monoisotopic (exact) mass is 454 g/mol. The van der Waals surface area contributed by atoms with Crippen molar-refractivity contribution < 1.29 is 14.3 Å². The fourth-order valence-electron chi connectivity index (χ4n) is 5.70. The second kappa shape index (κ2) is 8.98. The zero-order chi connectivity index (χ0) is 23.7. The summed E-state index contributed by atoms with van der Waals surface area (Å²) in [5.74, 6) is 0.235. The molecule has 1 saturated heterocycles. The lowest BCUT2D eigenvalue weighted by Gasteiger charge is -2.50. The molecule has 5 heteroatoms. The molecule has 0 radical (unpaired) electrons. The van der Waals surface area contributed by atoms with Crippen molar-refractivity contribution in [3.05, 3.63) is 101 Å². The van der Waals surface area contributed by atoms with Crippen LogP contribution < -0.4 is 5.32 Å². The van der Waals surface area contributed by atoms with E-state index in [1.54, 1.807) is 0 Å². The first-order valence-corrected chi connectivity index (χ1v) is 11.9. The summed E-state index contributed by atoms with van der Waals surface area (Å²) in [4.78, 5) is 27.1. The zero-order valence-corrected chi connectivity index (χ0v) is 19.7. The Morgan fingerprint density at radius 2 is 1.65 bits per heavy atom. The van der Waals surface area contributed by atoms with Gasteiger partial charge < -0.3 is 9.64 Å². The first kappa shape index (κ1) is 22.2. The van der Waals surface area contributed by atoms with Gasteiger partial charge in [0.1, 0.15) is 0 Å². The molecule has 1 aliphatic carbocycles. The van der Waals surface area contributed by atoms with Crippen molar-refractivity contribution >= 4 is 17.7 Å². The van der Waals surface area contributed by atoms with Crippen molar-refractivity contribution in [3.63, 3.8) is 0 Å². The van der Waals surface area contributed by atoms with Crippen molar-refractivity contribution in [2.45, 2.75) is 50.2 Å². The van der Waals surface area contributed by atoms with Crippen LogP contribution in [0.25, 0.3) is 0 Å². The molecule has 0 saturated carbocycles. The van der Waals surface area contributed by atoms with E-state index in [4.69, 9.17) is 4.74 Å². The van der Waals surface area contributed by atoms with Crippen LogP contribution in [-0.2, 0) is 21.4 Å². The van der Waals surface area contributed by atoms with Crippen LogP contribution in [0.3, 0.4) is 0 Å². The SMILES string of the molecule is CN1C(=O)CC[C@]2(C)c3ccc(NC(=O)OC(c4ccccc4)c4ccccc4)cc3CC[C@@H]12. The number of amides is 2.